The number of ether oxygens (including phenoxy) is 1. The highest BCUT2D eigenvalue weighted by atomic mass is 35.5. The molecule has 0 bridgehead atoms. The van der Waals surface area contributed by atoms with Crippen LogP contribution in [-0.2, 0) is 14.3 Å². The second-order valence-electron chi connectivity index (χ2n) is 8.91. The van der Waals surface area contributed by atoms with Crippen LogP contribution < -0.4 is 0 Å². The molecule has 2 amide bonds. The largest absolute Gasteiger partial charge is 0.391 e. The van der Waals surface area contributed by atoms with Gasteiger partial charge in [0.25, 0.3) is 0 Å². The summed E-state index contributed by atoms with van der Waals surface area (Å²) in [4.78, 5) is 30.3. The van der Waals surface area contributed by atoms with Crippen molar-refractivity contribution >= 4 is 29.5 Å². The normalized spacial score (nSPS) is 23.4. The maximum Gasteiger partial charge on any atom is 0.246 e. The molecule has 0 saturated carbocycles. The minimum absolute atomic E-state index is 0.0157. The van der Waals surface area contributed by atoms with E-state index in [0.29, 0.717) is 38.3 Å². The van der Waals surface area contributed by atoms with Crippen LogP contribution in [-0.4, -0.2) is 108 Å². The SMILES string of the molecule is COCC1CCN(CC(O)CN2CCN(C(=O)C=Cc3ccc(F)c(Cl)c3)CCC2=O)CC1O. The summed E-state index contributed by atoms with van der Waals surface area (Å²) in [6.45, 7) is 3.26. The first-order valence-electron chi connectivity index (χ1n) is 11.5. The lowest BCUT2D eigenvalue weighted by Crippen LogP contribution is -2.50. The van der Waals surface area contributed by atoms with E-state index in [-0.39, 0.29) is 42.3 Å². The van der Waals surface area contributed by atoms with Gasteiger partial charge in [0.15, 0.2) is 0 Å². The molecule has 2 saturated heterocycles. The average Bonchev–Trinajstić information content (AvgIpc) is 2.98. The first-order valence-corrected chi connectivity index (χ1v) is 11.9. The monoisotopic (exact) mass is 497 g/mol. The van der Waals surface area contributed by atoms with Crippen molar-refractivity contribution in [2.75, 3.05) is 59.5 Å². The van der Waals surface area contributed by atoms with Gasteiger partial charge in [-0.15, -0.1) is 0 Å². The summed E-state index contributed by atoms with van der Waals surface area (Å²) in [7, 11) is 1.62. The van der Waals surface area contributed by atoms with E-state index in [9.17, 15) is 24.2 Å². The second kappa shape index (κ2) is 12.6. The Morgan fingerprint density at radius 3 is 2.79 bits per heavy atom. The lowest BCUT2D eigenvalue weighted by molar-refractivity contribution is -0.132. The van der Waals surface area contributed by atoms with Gasteiger partial charge in [0.1, 0.15) is 5.82 Å². The zero-order valence-electron chi connectivity index (χ0n) is 19.4. The molecule has 0 radical (unpaired) electrons. The average molecular weight is 498 g/mol. The van der Waals surface area contributed by atoms with Crippen LogP contribution in [0.3, 0.4) is 0 Å². The molecule has 1 aromatic carbocycles. The highest BCUT2D eigenvalue weighted by molar-refractivity contribution is 6.30. The Morgan fingerprint density at radius 2 is 2.09 bits per heavy atom. The summed E-state index contributed by atoms with van der Waals surface area (Å²) >= 11 is 5.77. The molecule has 3 atom stereocenters. The van der Waals surface area contributed by atoms with Gasteiger partial charge in [-0.1, -0.05) is 17.7 Å². The molecule has 34 heavy (non-hydrogen) atoms. The number of amides is 2. The van der Waals surface area contributed by atoms with E-state index in [1.54, 1.807) is 23.0 Å². The lowest BCUT2D eigenvalue weighted by atomic mass is 9.94. The van der Waals surface area contributed by atoms with Gasteiger partial charge >= 0.3 is 0 Å². The molecule has 0 aromatic heterocycles. The van der Waals surface area contributed by atoms with E-state index in [1.807, 2.05) is 4.90 Å². The van der Waals surface area contributed by atoms with Gasteiger partial charge in [0.05, 0.1) is 23.8 Å². The zero-order valence-corrected chi connectivity index (χ0v) is 20.2. The zero-order chi connectivity index (χ0) is 24.7. The Bertz CT molecular complexity index is 886. The van der Waals surface area contributed by atoms with Gasteiger partial charge in [-0.2, -0.15) is 0 Å². The van der Waals surface area contributed by atoms with E-state index in [4.69, 9.17) is 16.3 Å². The number of aliphatic hydroxyl groups is 2. The van der Waals surface area contributed by atoms with Crippen molar-refractivity contribution in [3.63, 3.8) is 0 Å². The van der Waals surface area contributed by atoms with Crippen molar-refractivity contribution in [2.24, 2.45) is 5.92 Å². The van der Waals surface area contributed by atoms with Crippen LogP contribution in [0.2, 0.25) is 5.02 Å². The molecule has 2 aliphatic heterocycles. The quantitative estimate of drug-likeness (QED) is 0.525. The minimum Gasteiger partial charge on any atom is -0.391 e. The molecule has 1 aromatic rings. The number of aliphatic hydroxyl groups excluding tert-OH is 2. The smallest absolute Gasteiger partial charge is 0.246 e. The van der Waals surface area contributed by atoms with Crippen LogP contribution in [0.5, 0.6) is 0 Å². The number of nitrogens with zero attached hydrogens (tertiary/aromatic N) is 3. The highest BCUT2D eigenvalue weighted by Gasteiger charge is 2.30. The molecule has 0 spiro atoms. The van der Waals surface area contributed by atoms with Crippen LogP contribution in [0.4, 0.5) is 4.39 Å². The van der Waals surface area contributed by atoms with Crippen molar-refractivity contribution in [3.8, 4) is 0 Å². The van der Waals surface area contributed by atoms with Gasteiger partial charge in [-0.25, -0.2) is 4.39 Å². The predicted molar refractivity (Wildman–Crippen MR) is 127 cm³/mol. The van der Waals surface area contributed by atoms with Gasteiger partial charge in [-0.05, 0) is 36.7 Å². The maximum atomic E-state index is 13.3. The number of rotatable bonds is 8. The molecule has 0 aliphatic carbocycles. The molecule has 2 N–H and O–H groups in total. The lowest BCUT2D eigenvalue weighted by Gasteiger charge is -2.37. The highest BCUT2D eigenvalue weighted by Crippen LogP contribution is 2.19. The van der Waals surface area contributed by atoms with Gasteiger partial charge < -0.3 is 24.7 Å². The Morgan fingerprint density at radius 1 is 1.29 bits per heavy atom. The van der Waals surface area contributed by atoms with Crippen LogP contribution >= 0.6 is 11.6 Å². The molecule has 2 aliphatic rings. The summed E-state index contributed by atoms with van der Waals surface area (Å²) in [6, 6.07) is 4.21. The molecular formula is C24H33ClFN3O5. The topological polar surface area (TPSA) is 93.6 Å². The van der Waals surface area contributed by atoms with Crippen molar-refractivity contribution in [1.82, 2.24) is 14.7 Å². The van der Waals surface area contributed by atoms with Gasteiger partial charge in [0, 0.05) is 64.8 Å². The van der Waals surface area contributed by atoms with E-state index in [2.05, 4.69) is 0 Å². The third-order valence-corrected chi connectivity index (χ3v) is 6.64. The number of carbonyl (C=O) groups is 2. The van der Waals surface area contributed by atoms with Gasteiger partial charge in [-0.3, -0.25) is 14.5 Å². The Labute approximate surface area is 204 Å². The van der Waals surface area contributed by atoms with Crippen LogP contribution in [0.1, 0.15) is 18.4 Å². The van der Waals surface area contributed by atoms with Crippen molar-refractivity contribution in [1.29, 1.82) is 0 Å². The van der Waals surface area contributed by atoms with Crippen molar-refractivity contribution in [3.05, 3.63) is 40.7 Å². The fourth-order valence-electron chi connectivity index (χ4n) is 4.40. The summed E-state index contributed by atoms with van der Waals surface area (Å²) in [5.74, 6) is -0.778. The number of likely N-dealkylation sites (tertiary alicyclic amines) is 1. The number of carbonyl (C=O) groups excluding carboxylic acids is 2. The first kappa shape index (κ1) is 26.6. The fraction of sp³-hybridized carbons (Fsp3) is 0.583. The fourth-order valence-corrected chi connectivity index (χ4v) is 4.59. The first-order chi connectivity index (χ1) is 16.3. The standard InChI is InChI=1S/C24H33ClFN3O5/c1-34-16-18-6-8-27(15-22(18)31)13-19(30)14-29-11-10-28(9-7-24(29)33)23(32)5-3-17-2-4-21(26)20(25)12-17/h2-5,12,18-19,22,30-31H,6-11,13-16H2,1H3. The predicted octanol–water partition coefficient (Wildman–Crippen LogP) is 1.24. The van der Waals surface area contributed by atoms with Crippen molar-refractivity contribution in [2.45, 2.75) is 25.0 Å². The number of β-amino-alcohol motifs (C(OH)–C–C–N with tert-alkyl or cyclic N) is 2. The van der Waals surface area contributed by atoms with Crippen LogP contribution in [0.15, 0.2) is 24.3 Å². The molecule has 188 valence electrons. The maximum absolute atomic E-state index is 13.3. The summed E-state index contributed by atoms with van der Waals surface area (Å²) in [5, 5.41) is 20.8. The number of benzene rings is 1. The number of methoxy groups -OCH3 is 1. The van der Waals surface area contributed by atoms with E-state index >= 15 is 0 Å². The number of hydrogen-bond donors (Lipinski definition) is 2. The Kier molecular flexibility index (Phi) is 9.85. The van der Waals surface area contributed by atoms with Gasteiger partial charge in [0.2, 0.25) is 11.8 Å². The number of halogens is 2. The molecule has 2 fully saturated rings. The Hall–Kier alpha value is -2.04. The van der Waals surface area contributed by atoms with Crippen molar-refractivity contribution < 1.29 is 28.9 Å². The molecule has 2 heterocycles. The minimum atomic E-state index is -0.750. The third kappa shape index (κ3) is 7.48. The molecular weight excluding hydrogens is 465 g/mol. The summed E-state index contributed by atoms with van der Waals surface area (Å²) < 4.78 is 18.4. The Balaban J connectivity index is 1.47. The van der Waals surface area contributed by atoms with E-state index < -0.39 is 18.0 Å². The molecule has 3 rings (SSSR count). The molecule has 10 heteroatoms. The van der Waals surface area contributed by atoms with Crippen LogP contribution in [0, 0.1) is 11.7 Å². The van der Waals surface area contributed by atoms with E-state index in [1.165, 1.54) is 24.3 Å². The number of piperidine rings is 1. The summed E-state index contributed by atoms with van der Waals surface area (Å²) in [6.07, 6.45) is 2.66. The molecule has 8 nitrogen and oxygen atoms in total. The summed E-state index contributed by atoms with van der Waals surface area (Å²) in [5.41, 5.74) is 0.603. The number of hydrogen-bond acceptors (Lipinski definition) is 6. The molecule has 3 unspecified atom stereocenters. The van der Waals surface area contributed by atoms with E-state index in [0.717, 1.165) is 13.0 Å². The third-order valence-electron chi connectivity index (χ3n) is 6.35. The second-order valence-corrected chi connectivity index (χ2v) is 9.31. The van der Waals surface area contributed by atoms with Crippen LogP contribution in [0.25, 0.3) is 6.08 Å².